The summed E-state index contributed by atoms with van der Waals surface area (Å²) in [5.74, 6) is 0.803. The molecule has 0 saturated heterocycles. The second-order valence-corrected chi connectivity index (χ2v) is 4.85. The van der Waals surface area contributed by atoms with Crippen LogP contribution in [0.5, 0.6) is 5.75 Å². The summed E-state index contributed by atoms with van der Waals surface area (Å²) in [5.41, 5.74) is 1.83. The zero-order valence-corrected chi connectivity index (χ0v) is 11.6. The summed E-state index contributed by atoms with van der Waals surface area (Å²) in [6.07, 6.45) is 3.41. The summed E-state index contributed by atoms with van der Waals surface area (Å²) in [5, 5.41) is 10.4. The molecule has 0 saturated carbocycles. The molecule has 0 radical (unpaired) electrons. The predicted octanol–water partition coefficient (Wildman–Crippen LogP) is 2.75. The number of ether oxygens (including phenoxy) is 1. The molecule has 0 fully saturated rings. The van der Waals surface area contributed by atoms with E-state index in [0.717, 1.165) is 17.0 Å². The van der Waals surface area contributed by atoms with E-state index < -0.39 is 6.10 Å². The van der Waals surface area contributed by atoms with Crippen LogP contribution in [0.25, 0.3) is 0 Å². The van der Waals surface area contributed by atoms with Crippen molar-refractivity contribution in [1.82, 2.24) is 9.55 Å². The lowest BCUT2D eigenvalue weighted by atomic mass is 10.0. The first kappa shape index (κ1) is 13.6. The summed E-state index contributed by atoms with van der Waals surface area (Å²) in [6, 6.07) is 8.03. The van der Waals surface area contributed by atoms with E-state index in [1.807, 2.05) is 28.8 Å². The van der Waals surface area contributed by atoms with E-state index >= 15 is 0 Å². The van der Waals surface area contributed by atoms with Gasteiger partial charge >= 0.3 is 0 Å². The molecule has 0 aliphatic carbocycles. The number of aromatic nitrogens is 2. The van der Waals surface area contributed by atoms with E-state index in [-0.39, 0.29) is 6.04 Å². The van der Waals surface area contributed by atoms with Crippen molar-refractivity contribution in [2.45, 2.75) is 32.4 Å². The number of rotatable bonds is 5. The van der Waals surface area contributed by atoms with Gasteiger partial charge in [-0.3, -0.25) is 0 Å². The van der Waals surface area contributed by atoms with Gasteiger partial charge in [-0.05, 0) is 25.5 Å². The minimum Gasteiger partial charge on any atom is -0.496 e. The van der Waals surface area contributed by atoms with E-state index in [1.165, 1.54) is 0 Å². The third kappa shape index (κ3) is 2.96. The lowest BCUT2D eigenvalue weighted by molar-refractivity contribution is 0.166. The molecule has 4 nitrogen and oxygen atoms in total. The van der Waals surface area contributed by atoms with Crippen molar-refractivity contribution in [1.29, 1.82) is 0 Å². The zero-order chi connectivity index (χ0) is 13.8. The molecule has 4 heteroatoms. The average Bonchev–Trinajstić information content (AvgIpc) is 2.88. The monoisotopic (exact) mass is 260 g/mol. The second kappa shape index (κ2) is 5.89. The topological polar surface area (TPSA) is 47.3 Å². The first-order valence-corrected chi connectivity index (χ1v) is 6.45. The fourth-order valence-corrected chi connectivity index (χ4v) is 2.19. The second-order valence-electron chi connectivity index (χ2n) is 4.85. The number of methoxy groups -OCH3 is 1. The third-order valence-corrected chi connectivity index (χ3v) is 3.20. The average molecular weight is 260 g/mol. The number of benzene rings is 1. The molecule has 1 aromatic heterocycles. The van der Waals surface area contributed by atoms with Crippen LogP contribution in [0.15, 0.2) is 36.8 Å². The van der Waals surface area contributed by atoms with Gasteiger partial charge in [0.1, 0.15) is 5.75 Å². The van der Waals surface area contributed by atoms with Crippen LogP contribution >= 0.6 is 0 Å². The highest BCUT2D eigenvalue weighted by molar-refractivity contribution is 5.34. The molecule has 2 rings (SSSR count). The highest BCUT2D eigenvalue weighted by Crippen LogP contribution is 2.25. The first-order valence-electron chi connectivity index (χ1n) is 6.45. The molecule has 0 spiro atoms. The maximum absolute atomic E-state index is 10.4. The summed E-state index contributed by atoms with van der Waals surface area (Å²) >= 11 is 0. The van der Waals surface area contributed by atoms with Crippen LogP contribution in [0.1, 0.15) is 37.3 Å². The van der Waals surface area contributed by atoms with Crippen molar-refractivity contribution >= 4 is 0 Å². The number of para-hydroxylation sites is 1. The Labute approximate surface area is 113 Å². The Morgan fingerprint density at radius 1 is 1.32 bits per heavy atom. The van der Waals surface area contributed by atoms with E-state index in [2.05, 4.69) is 18.8 Å². The Bertz CT molecular complexity index is 534. The van der Waals surface area contributed by atoms with Crippen molar-refractivity contribution in [2.75, 3.05) is 7.11 Å². The van der Waals surface area contributed by atoms with Gasteiger partial charge in [0.2, 0.25) is 0 Å². The van der Waals surface area contributed by atoms with Gasteiger partial charge in [0.05, 0.1) is 31.4 Å². The minimum absolute atomic E-state index is 0.282. The van der Waals surface area contributed by atoms with Crippen molar-refractivity contribution in [2.24, 2.45) is 0 Å². The smallest absolute Gasteiger partial charge is 0.122 e. The summed E-state index contributed by atoms with van der Waals surface area (Å²) in [4.78, 5) is 4.12. The normalized spacial score (nSPS) is 12.7. The molecule has 19 heavy (non-hydrogen) atoms. The SMILES string of the molecule is COc1ccccc1CC(O)c1cncn1C(C)C. The van der Waals surface area contributed by atoms with Gasteiger partial charge in [0, 0.05) is 12.5 Å². The Morgan fingerprint density at radius 2 is 2.05 bits per heavy atom. The van der Waals surface area contributed by atoms with Crippen LogP contribution in [0.4, 0.5) is 0 Å². The maximum atomic E-state index is 10.4. The largest absolute Gasteiger partial charge is 0.496 e. The van der Waals surface area contributed by atoms with Gasteiger partial charge < -0.3 is 14.4 Å². The van der Waals surface area contributed by atoms with Crippen LogP contribution in [0.2, 0.25) is 0 Å². The number of aliphatic hydroxyl groups is 1. The molecule has 2 aromatic rings. The maximum Gasteiger partial charge on any atom is 0.122 e. The van der Waals surface area contributed by atoms with Crippen molar-refractivity contribution in [3.05, 3.63) is 48.0 Å². The van der Waals surface area contributed by atoms with E-state index in [1.54, 1.807) is 19.6 Å². The van der Waals surface area contributed by atoms with Crippen LogP contribution in [-0.4, -0.2) is 21.8 Å². The summed E-state index contributed by atoms with van der Waals surface area (Å²) in [7, 11) is 1.64. The van der Waals surface area contributed by atoms with Gasteiger partial charge in [0.25, 0.3) is 0 Å². The summed E-state index contributed by atoms with van der Waals surface area (Å²) < 4.78 is 7.29. The Morgan fingerprint density at radius 3 is 2.74 bits per heavy atom. The van der Waals surface area contributed by atoms with E-state index in [4.69, 9.17) is 4.74 Å². The lowest BCUT2D eigenvalue weighted by Gasteiger charge is -2.17. The van der Waals surface area contributed by atoms with Crippen LogP contribution < -0.4 is 4.74 Å². The van der Waals surface area contributed by atoms with Crippen LogP contribution in [0.3, 0.4) is 0 Å². The van der Waals surface area contributed by atoms with Crippen LogP contribution in [0, 0.1) is 0 Å². The molecule has 0 amide bonds. The lowest BCUT2D eigenvalue weighted by Crippen LogP contribution is -2.11. The zero-order valence-electron chi connectivity index (χ0n) is 11.6. The fourth-order valence-electron chi connectivity index (χ4n) is 2.19. The van der Waals surface area contributed by atoms with Crippen LogP contribution in [-0.2, 0) is 6.42 Å². The van der Waals surface area contributed by atoms with Gasteiger partial charge in [-0.15, -0.1) is 0 Å². The first-order chi connectivity index (χ1) is 9.13. The molecule has 1 unspecified atom stereocenters. The number of hydrogen-bond acceptors (Lipinski definition) is 3. The number of aliphatic hydroxyl groups excluding tert-OH is 1. The fraction of sp³-hybridized carbons (Fsp3) is 0.400. The van der Waals surface area contributed by atoms with Gasteiger partial charge in [0.15, 0.2) is 0 Å². The molecule has 1 heterocycles. The molecular formula is C15H20N2O2. The molecule has 0 aliphatic heterocycles. The molecule has 1 N–H and O–H groups in total. The molecule has 1 atom stereocenters. The summed E-state index contributed by atoms with van der Waals surface area (Å²) in [6.45, 7) is 4.14. The van der Waals surface area contributed by atoms with Crippen molar-refractivity contribution in [3.63, 3.8) is 0 Å². The molecule has 0 aliphatic rings. The highest BCUT2D eigenvalue weighted by atomic mass is 16.5. The Balaban J connectivity index is 2.21. The van der Waals surface area contributed by atoms with Crippen molar-refractivity contribution < 1.29 is 9.84 Å². The quantitative estimate of drug-likeness (QED) is 0.899. The Hall–Kier alpha value is -1.81. The van der Waals surface area contributed by atoms with Crippen molar-refractivity contribution in [3.8, 4) is 5.75 Å². The van der Waals surface area contributed by atoms with Gasteiger partial charge in [-0.1, -0.05) is 18.2 Å². The number of nitrogens with zero attached hydrogens (tertiary/aromatic N) is 2. The standard InChI is InChI=1S/C15H20N2O2/c1-11(2)17-10-16-9-13(17)14(18)8-12-6-4-5-7-15(12)19-3/h4-7,9-11,14,18H,8H2,1-3H3. The minimum atomic E-state index is -0.582. The van der Waals surface area contributed by atoms with E-state index in [0.29, 0.717) is 6.42 Å². The van der Waals surface area contributed by atoms with Gasteiger partial charge in [-0.25, -0.2) is 4.98 Å². The van der Waals surface area contributed by atoms with Gasteiger partial charge in [-0.2, -0.15) is 0 Å². The highest BCUT2D eigenvalue weighted by Gasteiger charge is 2.16. The molecule has 0 bridgehead atoms. The third-order valence-electron chi connectivity index (χ3n) is 3.20. The number of hydrogen-bond donors (Lipinski definition) is 1. The Kier molecular flexibility index (Phi) is 4.22. The predicted molar refractivity (Wildman–Crippen MR) is 74.3 cm³/mol. The molecule has 102 valence electrons. The molecular weight excluding hydrogens is 240 g/mol. The molecule has 1 aromatic carbocycles. The van der Waals surface area contributed by atoms with E-state index in [9.17, 15) is 5.11 Å². The number of imidazole rings is 1.